The quantitative estimate of drug-likeness (QED) is 0.578. The van der Waals surface area contributed by atoms with Gasteiger partial charge in [0, 0.05) is 16.1 Å². The Morgan fingerprint density at radius 3 is 2.43 bits per heavy atom. The molecule has 0 bridgehead atoms. The third kappa shape index (κ3) is 4.93. The van der Waals surface area contributed by atoms with Gasteiger partial charge in [0.25, 0.3) is 5.91 Å². The number of aromatic nitrogens is 1. The van der Waals surface area contributed by atoms with Crippen molar-refractivity contribution in [2.75, 3.05) is 5.32 Å². The Balaban J connectivity index is 1.71. The van der Waals surface area contributed by atoms with Crippen LogP contribution in [-0.4, -0.2) is 31.4 Å². The van der Waals surface area contributed by atoms with Crippen LogP contribution < -0.4 is 10.5 Å². The molecule has 2 aromatic carbocycles. The van der Waals surface area contributed by atoms with Gasteiger partial charge in [0.2, 0.25) is 10.0 Å². The normalized spacial score (nSPS) is 12.4. The summed E-state index contributed by atoms with van der Waals surface area (Å²) in [5.74, 6) is -1.28. The third-order valence-electron chi connectivity index (χ3n) is 4.29. The van der Waals surface area contributed by atoms with E-state index in [0.717, 1.165) is 0 Å². The van der Waals surface area contributed by atoms with Gasteiger partial charge < -0.3 is 10.1 Å². The van der Waals surface area contributed by atoms with Crippen molar-refractivity contribution in [1.82, 2.24) is 4.98 Å². The smallest absolute Gasteiger partial charge is 0.340 e. The highest BCUT2D eigenvalue weighted by Crippen LogP contribution is 2.21. The molecular weight excluding hydrogens is 430 g/mol. The summed E-state index contributed by atoms with van der Waals surface area (Å²) in [4.78, 5) is 29.2. The van der Waals surface area contributed by atoms with Gasteiger partial charge in [-0.1, -0.05) is 11.6 Å². The summed E-state index contributed by atoms with van der Waals surface area (Å²) in [6.45, 7) is 3.09. The van der Waals surface area contributed by atoms with Crippen LogP contribution >= 0.6 is 11.6 Å². The first kappa shape index (κ1) is 21.7. The molecule has 0 saturated heterocycles. The number of nitrogens with one attached hydrogen (secondary N) is 1. The van der Waals surface area contributed by atoms with E-state index >= 15 is 0 Å². The van der Waals surface area contributed by atoms with Gasteiger partial charge in [-0.05, 0) is 62.4 Å². The van der Waals surface area contributed by atoms with Gasteiger partial charge in [-0.2, -0.15) is 0 Å². The lowest BCUT2D eigenvalue weighted by Crippen LogP contribution is -2.30. The zero-order valence-corrected chi connectivity index (χ0v) is 17.6. The highest BCUT2D eigenvalue weighted by molar-refractivity contribution is 7.89. The molecule has 0 aliphatic heterocycles. The number of pyridine rings is 1. The van der Waals surface area contributed by atoms with E-state index in [9.17, 15) is 18.0 Å². The van der Waals surface area contributed by atoms with Crippen molar-refractivity contribution >= 4 is 50.1 Å². The average molecular weight is 448 g/mol. The fourth-order valence-electron chi connectivity index (χ4n) is 2.70. The summed E-state index contributed by atoms with van der Waals surface area (Å²) in [6, 6.07) is 12.0. The first-order valence-corrected chi connectivity index (χ1v) is 10.7. The molecule has 0 spiro atoms. The predicted octanol–water partition coefficient (Wildman–Crippen LogP) is 3.03. The molecule has 3 rings (SSSR count). The number of esters is 1. The number of fused-ring (bicyclic) bond motifs is 1. The first-order chi connectivity index (χ1) is 14.0. The molecule has 0 aliphatic carbocycles. The molecule has 0 saturated carbocycles. The van der Waals surface area contributed by atoms with E-state index < -0.39 is 28.0 Å². The molecule has 8 nitrogen and oxygen atoms in total. The van der Waals surface area contributed by atoms with Crippen LogP contribution in [0, 0.1) is 6.92 Å². The molecule has 1 amide bonds. The number of aryl methyl sites for hydroxylation is 1. The van der Waals surface area contributed by atoms with E-state index in [1.54, 1.807) is 31.2 Å². The molecule has 0 aliphatic rings. The Hall–Kier alpha value is -3.01. The number of hydrogen-bond donors (Lipinski definition) is 2. The molecule has 1 atom stereocenters. The van der Waals surface area contributed by atoms with Crippen molar-refractivity contribution in [3.8, 4) is 0 Å². The van der Waals surface area contributed by atoms with Gasteiger partial charge in [0.05, 0.1) is 21.7 Å². The summed E-state index contributed by atoms with van der Waals surface area (Å²) in [5, 5.41) is 8.76. The Morgan fingerprint density at radius 2 is 1.80 bits per heavy atom. The van der Waals surface area contributed by atoms with Crippen molar-refractivity contribution < 1.29 is 22.7 Å². The standard InChI is InChI=1S/C20H18ClN3O5S/c1-11-17(10-13-9-14(21)3-8-18(13)23-11)20(26)29-12(2)19(25)24-15-4-6-16(7-5-15)30(22,27)28/h3-10,12H,1-2H3,(H,24,25)(H2,22,27,28). The summed E-state index contributed by atoms with van der Waals surface area (Å²) in [5.41, 5.74) is 1.69. The van der Waals surface area contributed by atoms with Crippen LogP contribution in [0.5, 0.6) is 0 Å². The van der Waals surface area contributed by atoms with E-state index in [1.807, 2.05) is 0 Å². The number of hydrogen-bond acceptors (Lipinski definition) is 6. The number of primary sulfonamides is 1. The predicted molar refractivity (Wildman–Crippen MR) is 113 cm³/mol. The van der Waals surface area contributed by atoms with Crippen molar-refractivity contribution in [2.45, 2.75) is 24.8 Å². The van der Waals surface area contributed by atoms with Gasteiger partial charge >= 0.3 is 5.97 Å². The maximum atomic E-state index is 12.6. The zero-order valence-electron chi connectivity index (χ0n) is 16.0. The number of carbonyl (C=O) groups is 2. The van der Waals surface area contributed by atoms with Gasteiger partial charge in [-0.25, -0.2) is 18.4 Å². The van der Waals surface area contributed by atoms with Crippen LogP contribution in [0.25, 0.3) is 10.9 Å². The van der Waals surface area contributed by atoms with Crippen molar-refractivity contribution in [1.29, 1.82) is 0 Å². The minimum Gasteiger partial charge on any atom is -0.449 e. The second kappa shape index (κ2) is 8.39. The lowest BCUT2D eigenvalue weighted by molar-refractivity contribution is -0.123. The second-order valence-corrected chi connectivity index (χ2v) is 8.56. The van der Waals surface area contributed by atoms with Crippen LogP contribution in [0.1, 0.15) is 23.0 Å². The Labute approximate surface area is 178 Å². The van der Waals surface area contributed by atoms with Crippen LogP contribution in [0.3, 0.4) is 0 Å². The number of nitrogens with zero attached hydrogens (tertiary/aromatic N) is 1. The number of ether oxygens (including phenoxy) is 1. The zero-order chi connectivity index (χ0) is 22.1. The molecule has 3 N–H and O–H groups in total. The molecule has 1 heterocycles. The monoisotopic (exact) mass is 447 g/mol. The Kier molecular flexibility index (Phi) is 6.06. The summed E-state index contributed by atoms with van der Waals surface area (Å²) >= 11 is 5.99. The topological polar surface area (TPSA) is 128 Å². The van der Waals surface area contributed by atoms with Gasteiger partial charge in [0.15, 0.2) is 6.10 Å². The van der Waals surface area contributed by atoms with E-state index in [2.05, 4.69) is 10.3 Å². The van der Waals surface area contributed by atoms with Gasteiger partial charge in [-0.15, -0.1) is 0 Å². The van der Waals surface area contributed by atoms with Crippen molar-refractivity contribution in [3.05, 3.63) is 64.8 Å². The number of sulfonamides is 1. The number of rotatable bonds is 5. The van der Waals surface area contributed by atoms with Crippen molar-refractivity contribution in [2.24, 2.45) is 5.14 Å². The fourth-order valence-corrected chi connectivity index (χ4v) is 3.40. The third-order valence-corrected chi connectivity index (χ3v) is 5.46. The average Bonchev–Trinajstić information content (AvgIpc) is 2.67. The number of benzene rings is 2. The maximum Gasteiger partial charge on any atom is 0.340 e. The van der Waals surface area contributed by atoms with Gasteiger partial charge in [-0.3, -0.25) is 9.78 Å². The molecule has 0 radical (unpaired) electrons. The largest absolute Gasteiger partial charge is 0.449 e. The molecule has 1 aromatic heterocycles. The number of halogens is 1. The first-order valence-electron chi connectivity index (χ1n) is 8.76. The Bertz CT molecular complexity index is 1240. The SMILES string of the molecule is Cc1nc2ccc(Cl)cc2cc1C(=O)OC(C)C(=O)Nc1ccc(S(N)(=O)=O)cc1. The molecular formula is C20H18ClN3O5S. The summed E-state index contributed by atoms with van der Waals surface area (Å²) in [6.07, 6.45) is -1.11. The second-order valence-electron chi connectivity index (χ2n) is 6.56. The van der Waals surface area contributed by atoms with Crippen LogP contribution in [0.4, 0.5) is 5.69 Å². The Morgan fingerprint density at radius 1 is 1.13 bits per heavy atom. The van der Waals surface area contributed by atoms with E-state index in [4.69, 9.17) is 21.5 Å². The van der Waals surface area contributed by atoms with Crippen LogP contribution in [0.15, 0.2) is 53.4 Å². The number of anilines is 1. The van der Waals surface area contributed by atoms with E-state index in [0.29, 0.717) is 27.3 Å². The lowest BCUT2D eigenvalue weighted by Gasteiger charge is -2.15. The fraction of sp³-hybridized carbons (Fsp3) is 0.150. The number of amides is 1. The van der Waals surface area contributed by atoms with E-state index in [1.165, 1.54) is 31.2 Å². The minimum atomic E-state index is -3.83. The molecule has 3 aromatic rings. The maximum absolute atomic E-state index is 12.6. The molecule has 1 unspecified atom stereocenters. The highest BCUT2D eigenvalue weighted by Gasteiger charge is 2.21. The van der Waals surface area contributed by atoms with Gasteiger partial charge in [0.1, 0.15) is 0 Å². The summed E-state index contributed by atoms with van der Waals surface area (Å²) < 4.78 is 27.8. The van der Waals surface area contributed by atoms with Crippen LogP contribution in [0.2, 0.25) is 5.02 Å². The van der Waals surface area contributed by atoms with Crippen molar-refractivity contribution in [3.63, 3.8) is 0 Å². The highest BCUT2D eigenvalue weighted by atomic mass is 35.5. The molecule has 10 heteroatoms. The summed E-state index contributed by atoms with van der Waals surface area (Å²) in [7, 11) is -3.83. The van der Waals surface area contributed by atoms with Crippen LogP contribution in [-0.2, 0) is 19.6 Å². The minimum absolute atomic E-state index is 0.0839. The lowest BCUT2D eigenvalue weighted by atomic mass is 10.1. The van der Waals surface area contributed by atoms with E-state index in [-0.39, 0.29) is 10.5 Å². The number of carbonyl (C=O) groups excluding carboxylic acids is 2. The molecule has 30 heavy (non-hydrogen) atoms. The molecule has 0 fully saturated rings. The number of nitrogens with two attached hydrogens (primary N) is 1. The molecule has 156 valence electrons.